The maximum absolute atomic E-state index is 9.61. The summed E-state index contributed by atoms with van der Waals surface area (Å²) in [5, 5.41) is 9.61. The largest absolute Gasteiger partial charge is 0.390 e. The van der Waals surface area contributed by atoms with Crippen molar-refractivity contribution in [2.45, 2.75) is 53.6 Å². The van der Waals surface area contributed by atoms with Gasteiger partial charge in [-0.05, 0) is 33.9 Å². The van der Waals surface area contributed by atoms with Gasteiger partial charge in [0.1, 0.15) is 0 Å². The molecule has 1 atom stereocenters. The zero-order valence-corrected chi connectivity index (χ0v) is 11.1. The second-order valence-corrected chi connectivity index (χ2v) is 3.90. The van der Waals surface area contributed by atoms with E-state index in [-0.39, 0.29) is 0 Å². The Kier molecular flexibility index (Phi) is 9.63. The first kappa shape index (κ1) is 16.4. The van der Waals surface area contributed by atoms with Crippen LogP contribution >= 0.6 is 0 Å². The Morgan fingerprint density at radius 2 is 1.57 bits per heavy atom. The van der Waals surface area contributed by atoms with Crippen LogP contribution in [-0.2, 0) is 0 Å². The monoisotopic (exact) mass is 203 g/mol. The van der Waals surface area contributed by atoms with Crippen molar-refractivity contribution in [3.8, 4) is 0 Å². The molecule has 0 spiro atoms. The number of nitrogens with zero attached hydrogens (tertiary/aromatic N) is 1. The third-order valence-corrected chi connectivity index (χ3v) is 2.39. The topological polar surface area (TPSA) is 23.5 Å². The first-order valence-electron chi connectivity index (χ1n) is 5.91. The van der Waals surface area contributed by atoms with Crippen molar-refractivity contribution in [1.29, 1.82) is 0 Å². The molecule has 0 unspecified atom stereocenters. The van der Waals surface area contributed by atoms with Gasteiger partial charge in [-0.3, -0.25) is 0 Å². The molecule has 0 radical (unpaired) electrons. The Morgan fingerprint density at radius 3 is 1.71 bits per heavy atom. The average molecular weight is 203 g/mol. The van der Waals surface area contributed by atoms with E-state index in [0.29, 0.717) is 5.92 Å². The molecule has 1 fully saturated rings. The maximum atomic E-state index is 9.61. The zero-order chi connectivity index (χ0) is 11.8. The molecule has 1 N–H and O–H groups in total. The normalized spacial score (nSPS) is 21.9. The van der Waals surface area contributed by atoms with Gasteiger partial charge in [0.2, 0.25) is 0 Å². The van der Waals surface area contributed by atoms with Gasteiger partial charge in [0.15, 0.2) is 0 Å². The van der Waals surface area contributed by atoms with Gasteiger partial charge in [-0.15, -0.1) is 0 Å². The van der Waals surface area contributed by atoms with Crippen LogP contribution < -0.4 is 0 Å². The lowest BCUT2D eigenvalue weighted by Crippen LogP contribution is -2.32. The summed E-state index contributed by atoms with van der Waals surface area (Å²) in [4.78, 5) is 2.27. The average Bonchev–Trinajstić information content (AvgIpc) is 2.58. The molecule has 14 heavy (non-hydrogen) atoms. The molecule has 2 nitrogen and oxygen atoms in total. The van der Waals surface area contributed by atoms with E-state index in [4.69, 9.17) is 0 Å². The third-order valence-electron chi connectivity index (χ3n) is 2.39. The number of aliphatic hydroxyl groups is 1. The molecule has 1 heterocycles. The summed E-state index contributed by atoms with van der Waals surface area (Å²) in [6.07, 6.45) is 1.14. The molecule has 0 aromatic carbocycles. The van der Waals surface area contributed by atoms with E-state index in [1.54, 1.807) is 0 Å². The molecule has 1 aliphatic rings. The molecular formula is C12H29NO. The van der Waals surface area contributed by atoms with Crippen LogP contribution in [-0.4, -0.2) is 35.7 Å². The van der Waals surface area contributed by atoms with Crippen LogP contribution in [0.5, 0.6) is 0 Å². The van der Waals surface area contributed by atoms with Crippen LogP contribution in [0.15, 0.2) is 0 Å². The predicted molar refractivity (Wildman–Crippen MR) is 64.6 cm³/mol. The fraction of sp³-hybridized carbons (Fsp3) is 1.00. The Morgan fingerprint density at radius 1 is 1.14 bits per heavy atom. The van der Waals surface area contributed by atoms with Crippen molar-refractivity contribution < 1.29 is 5.11 Å². The minimum atomic E-state index is -0.481. The van der Waals surface area contributed by atoms with Crippen LogP contribution in [0.3, 0.4) is 0 Å². The van der Waals surface area contributed by atoms with E-state index >= 15 is 0 Å². The highest BCUT2D eigenvalue weighted by Gasteiger charge is 2.31. The minimum Gasteiger partial charge on any atom is -0.390 e. The standard InChI is InChI=1S/C8H17NO.2C2H6/c1-8(2,10)7-4-5-9(3)6-7;2*1-2/h7,10H,4-6H2,1-3H3;2*1-2H3/t7-;;/m0../s1. The summed E-state index contributed by atoms with van der Waals surface area (Å²) >= 11 is 0. The minimum absolute atomic E-state index is 0.470. The van der Waals surface area contributed by atoms with Gasteiger partial charge in [0, 0.05) is 12.5 Å². The second kappa shape index (κ2) is 8.25. The number of hydrogen-bond acceptors (Lipinski definition) is 2. The molecule has 0 aromatic rings. The fourth-order valence-corrected chi connectivity index (χ4v) is 1.51. The Labute approximate surface area is 90.3 Å². The SMILES string of the molecule is CC.CC.CN1CC[C@H](C(C)(C)O)C1. The molecule has 2 heteroatoms. The van der Waals surface area contributed by atoms with Crippen LogP contribution in [0.4, 0.5) is 0 Å². The van der Waals surface area contributed by atoms with Gasteiger partial charge in [-0.1, -0.05) is 27.7 Å². The summed E-state index contributed by atoms with van der Waals surface area (Å²) < 4.78 is 0. The first-order chi connectivity index (χ1) is 6.50. The Balaban J connectivity index is 0. The zero-order valence-electron chi connectivity index (χ0n) is 11.1. The summed E-state index contributed by atoms with van der Waals surface area (Å²) in [7, 11) is 2.10. The van der Waals surface area contributed by atoms with E-state index in [1.807, 2.05) is 41.5 Å². The summed E-state index contributed by atoms with van der Waals surface area (Å²) in [6.45, 7) is 14.0. The van der Waals surface area contributed by atoms with E-state index in [0.717, 1.165) is 19.5 Å². The lowest BCUT2D eigenvalue weighted by molar-refractivity contribution is 0.0220. The van der Waals surface area contributed by atoms with Crippen LogP contribution in [0.1, 0.15) is 48.0 Å². The highest BCUT2D eigenvalue weighted by atomic mass is 16.3. The summed E-state index contributed by atoms with van der Waals surface area (Å²) in [5.74, 6) is 0.470. The molecule has 0 aromatic heterocycles. The number of rotatable bonds is 1. The molecule has 1 saturated heterocycles. The van der Waals surface area contributed by atoms with Crippen LogP contribution in [0.25, 0.3) is 0 Å². The van der Waals surface area contributed by atoms with Crippen LogP contribution in [0, 0.1) is 5.92 Å². The molecule has 1 aliphatic heterocycles. The summed E-state index contributed by atoms with van der Waals surface area (Å²) in [6, 6.07) is 0. The van der Waals surface area contributed by atoms with Gasteiger partial charge >= 0.3 is 0 Å². The van der Waals surface area contributed by atoms with Gasteiger partial charge in [-0.2, -0.15) is 0 Å². The maximum Gasteiger partial charge on any atom is 0.0632 e. The Bertz CT molecular complexity index is 118. The first-order valence-corrected chi connectivity index (χ1v) is 5.91. The van der Waals surface area contributed by atoms with Crippen molar-refractivity contribution in [3.05, 3.63) is 0 Å². The lowest BCUT2D eigenvalue weighted by atomic mass is 9.91. The van der Waals surface area contributed by atoms with Crippen molar-refractivity contribution >= 4 is 0 Å². The van der Waals surface area contributed by atoms with Gasteiger partial charge in [0.25, 0.3) is 0 Å². The quantitative estimate of drug-likeness (QED) is 0.708. The summed E-state index contributed by atoms with van der Waals surface area (Å²) in [5.41, 5.74) is -0.481. The lowest BCUT2D eigenvalue weighted by Gasteiger charge is -2.24. The molecule has 0 amide bonds. The van der Waals surface area contributed by atoms with Crippen molar-refractivity contribution in [3.63, 3.8) is 0 Å². The molecule has 0 bridgehead atoms. The number of hydrogen-bond donors (Lipinski definition) is 1. The van der Waals surface area contributed by atoms with Gasteiger partial charge in [-0.25, -0.2) is 0 Å². The van der Waals surface area contributed by atoms with Crippen molar-refractivity contribution in [2.75, 3.05) is 20.1 Å². The highest BCUT2D eigenvalue weighted by molar-refractivity contribution is 4.84. The molecular weight excluding hydrogens is 174 g/mol. The fourth-order valence-electron chi connectivity index (χ4n) is 1.51. The van der Waals surface area contributed by atoms with Gasteiger partial charge in [0.05, 0.1) is 5.60 Å². The smallest absolute Gasteiger partial charge is 0.0632 e. The van der Waals surface area contributed by atoms with E-state index in [9.17, 15) is 5.11 Å². The Hall–Kier alpha value is -0.0800. The number of likely N-dealkylation sites (tertiary alicyclic amines) is 1. The molecule has 88 valence electrons. The predicted octanol–water partition coefficient (Wildman–Crippen LogP) is 2.76. The van der Waals surface area contributed by atoms with E-state index < -0.39 is 5.60 Å². The van der Waals surface area contributed by atoms with Crippen LogP contribution in [0.2, 0.25) is 0 Å². The molecule has 1 rings (SSSR count). The van der Waals surface area contributed by atoms with E-state index in [2.05, 4.69) is 11.9 Å². The molecule has 0 aliphatic carbocycles. The highest BCUT2D eigenvalue weighted by Crippen LogP contribution is 2.25. The molecule has 0 saturated carbocycles. The van der Waals surface area contributed by atoms with Crippen molar-refractivity contribution in [1.82, 2.24) is 4.90 Å². The van der Waals surface area contributed by atoms with Gasteiger partial charge < -0.3 is 10.0 Å². The van der Waals surface area contributed by atoms with E-state index in [1.165, 1.54) is 0 Å². The third kappa shape index (κ3) is 6.39. The second-order valence-electron chi connectivity index (χ2n) is 3.90. The van der Waals surface area contributed by atoms with Crippen molar-refractivity contribution in [2.24, 2.45) is 5.92 Å².